The summed E-state index contributed by atoms with van der Waals surface area (Å²) in [6.07, 6.45) is -0.0957. The van der Waals surface area contributed by atoms with Crippen LogP contribution in [0.1, 0.15) is 33.6 Å². The van der Waals surface area contributed by atoms with Gasteiger partial charge in [-0.2, -0.15) is 0 Å². The number of nitrogens with zero attached hydrogens (tertiary/aromatic N) is 1. The van der Waals surface area contributed by atoms with Crippen LogP contribution in [0.5, 0.6) is 0 Å². The number of carbonyl (C=O) groups is 2. The minimum atomic E-state index is -5.39. The normalized spacial score (nSPS) is 14.7. The third kappa shape index (κ3) is 6.01. The molecule has 0 aliphatic rings. The van der Waals surface area contributed by atoms with Crippen molar-refractivity contribution in [3.8, 4) is 0 Å². The van der Waals surface area contributed by atoms with Crippen LogP contribution in [0.2, 0.25) is 0 Å². The Kier molecular flexibility index (Phi) is 9.20. The van der Waals surface area contributed by atoms with Crippen LogP contribution in [0.15, 0.2) is 0 Å². The number of nitrogens with two attached hydrogens (primary N) is 1. The first kappa shape index (κ1) is 24.0. The summed E-state index contributed by atoms with van der Waals surface area (Å²) in [6.45, 7) is 4.57. The summed E-state index contributed by atoms with van der Waals surface area (Å²) in [5.74, 6) is 3.93. The Bertz CT molecular complexity index is 563. The smallest absolute Gasteiger partial charge is 0.436 e. The van der Waals surface area contributed by atoms with Gasteiger partial charge in [-0.3, -0.25) is 19.9 Å². The van der Waals surface area contributed by atoms with Gasteiger partial charge in [0.25, 0.3) is 0 Å². The molecule has 0 heterocycles. The molecule has 0 saturated carbocycles. The molecule has 2 amide bonds. The number of carbonyl (C=O) groups excluding carboxylic acids is 2. The van der Waals surface area contributed by atoms with Gasteiger partial charge in [-0.15, -0.1) is 0 Å². The number of hydrazine groups is 2. The molecular weight excluding hydrogens is 382 g/mol. The van der Waals surface area contributed by atoms with Gasteiger partial charge in [0, 0.05) is 7.11 Å². The van der Waals surface area contributed by atoms with E-state index in [-0.39, 0.29) is 24.0 Å². The number of rotatable bonds is 10. The average molecular weight is 406 g/mol. The molecule has 15 heteroatoms. The summed E-state index contributed by atoms with van der Waals surface area (Å²) in [7, 11) is -9.46. The van der Waals surface area contributed by atoms with E-state index >= 15 is 0 Å². The van der Waals surface area contributed by atoms with Crippen molar-refractivity contribution in [1.29, 1.82) is 0 Å². The highest BCUT2D eigenvalue weighted by Crippen LogP contribution is 2.64. The molecule has 0 rings (SSSR count). The minimum Gasteiger partial charge on any atom is -0.464 e. The summed E-state index contributed by atoms with van der Waals surface area (Å²) >= 11 is 0. The SMILES string of the molecule is CCOC(=O)C(CC)(CC)OP(=O)(OC)N(NC(=O)NN)P(=O)(O)O. The molecule has 6 N–H and O–H groups in total. The van der Waals surface area contributed by atoms with E-state index in [1.54, 1.807) is 12.3 Å². The van der Waals surface area contributed by atoms with Crippen molar-refractivity contribution in [2.45, 2.75) is 39.2 Å². The molecule has 25 heavy (non-hydrogen) atoms. The molecule has 1 unspecified atom stereocenters. The predicted molar refractivity (Wildman–Crippen MR) is 85.4 cm³/mol. The molecule has 0 spiro atoms. The quantitative estimate of drug-likeness (QED) is 0.111. The van der Waals surface area contributed by atoms with Crippen molar-refractivity contribution in [3.05, 3.63) is 0 Å². The summed E-state index contributed by atoms with van der Waals surface area (Å²) in [6, 6.07) is -1.31. The van der Waals surface area contributed by atoms with Gasteiger partial charge < -0.3 is 14.5 Å². The van der Waals surface area contributed by atoms with Crippen LogP contribution in [0, 0.1) is 0 Å². The van der Waals surface area contributed by atoms with Gasteiger partial charge in [-0.25, -0.2) is 24.6 Å². The number of esters is 1. The molecule has 148 valence electrons. The maximum absolute atomic E-state index is 12.9. The number of hydrogen-bond acceptors (Lipinski definition) is 8. The van der Waals surface area contributed by atoms with Crippen LogP contribution in [0.3, 0.4) is 0 Å². The molecule has 0 aliphatic heterocycles. The number of ether oxygens (including phenoxy) is 1. The van der Waals surface area contributed by atoms with Crippen LogP contribution in [0.4, 0.5) is 4.79 Å². The largest absolute Gasteiger partial charge is 0.464 e. The number of amides is 2. The molecular formula is C10H24N4O9P2. The van der Waals surface area contributed by atoms with E-state index in [9.17, 15) is 28.5 Å². The Labute approximate surface area is 144 Å². The average Bonchev–Trinajstić information content (AvgIpc) is 2.56. The van der Waals surface area contributed by atoms with Crippen molar-refractivity contribution in [1.82, 2.24) is 15.4 Å². The molecule has 13 nitrogen and oxygen atoms in total. The van der Waals surface area contributed by atoms with Crippen LogP contribution < -0.4 is 16.7 Å². The third-order valence-corrected chi connectivity index (χ3v) is 6.68. The molecule has 0 aromatic rings. The zero-order valence-corrected chi connectivity index (χ0v) is 16.1. The van der Waals surface area contributed by atoms with Crippen LogP contribution in [-0.4, -0.2) is 45.7 Å². The van der Waals surface area contributed by atoms with Crippen molar-refractivity contribution < 1.29 is 42.3 Å². The van der Waals surface area contributed by atoms with Gasteiger partial charge in [0.05, 0.1) is 6.61 Å². The van der Waals surface area contributed by atoms with E-state index in [2.05, 4.69) is 4.52 Å². The van der Waals surface area contributed by atoms with E-state index in [1.807, 2.05) is 0 Å². The van der Waals surface area contributed by atoms with E-state index in [0.29, 0.717) is 0 Å². The van der Waals surface area contributed by atoms with Gasteiger partial charge in [-0.05, 0) is 24.3 Å². The summed E-state index contributed by atoms with van der Waals surface area (Å²) in [5, 5.41) is 0. The Morgan fingerprint density at radius 2 is 1.72 bits per heavy atom. The van der Waals surface area contributed by atoms with Gasteiger partial charge in [-0.1, -0.05) is 13.8 Å². The van der Waals surface area contributed by atoms with Crippen molar-refractivity contribution >= 4 is 27.5 Å². The lowest BCUT2D eigenvalue weighted by atomic mass is 9.98. The standard InChI is InChI=1S/C10H24N4O9P2/c1-5-10(6-2,8(15)22-7-3)23-25(20,21-4)14(24(17,18)19)13-9(16)12-11/h5-7,11H2,1-4H3,(H2,12,13,16)(H2,17,18,19). The Morgan fingerprint density at radius 1 is 1.20 bits per heavy atom. The first-order chi connectivity index (χ1) is 11.5. The van der Waals surface area contributed by atoms with E-state index in [0.717, 1.165) is 7.11 Å². The lowest BCUT2D eigenvalue weighted by molar-refractivity contribution is -0.164. The topological polar surface area (TPSA) is 190 Å². The van der Waals surface area contributed by atoms with E-state index in [1.165, 1.54) is 19.3 Å². The lowest BCUT2D eigenvalue weighted by Crippen LogP contribution is -2.49. The molecule has 1 atom stereocenters. The van der Waals surface area contributed by atoms with Crippen molar-refractivity contribution in [2.75, 3.05) is 13.7 Å². The zero-order valence-electron chi connectivity index (χ0n) is 14.3. The number of urea groups is 1. The van der Waals surface area contributed by atoms with E-state index < -0.39 is 33.1 Å². The highest BCUT2D eigenvalue weighted by molar-refractivity contribution is 7.66. The molecule has 0 aromatic heterocycles. The highest BCUT2D eigenvalue weighted by atomic mass is 31.3. The molecule has 0 aromatic carbocycles. The third-order valence-electron chi connectivity index (χ3n) is 3.12. The van der Waals surface area contributed by atoms with E-state index in [4.69, 9.17) is 15.1 Å². The van der Waals surface area contributed by atoms with Crippen LogP contribution in [0.25, 0.3) is 0 Å². The molecule has 0 radical (unpaired) electrons. The minimum absolute atomic E-state index is 0.00271. The van der Waals surface area contributed by atoms with Crippen LogP contribution in [-0.2, 0) is 27.7 Å². The summed E-state index contributed by atoms with van der Waals surface area (Å²) < 4.78 is 39.0. The molecule has 0 aliphatic carbocycles. The van der Waals surface area contributed by atoms with Gasteiger partial charge in [0.1, 0.15) is 0 Å². The van der Waals surface area contributed by atoms with Crippen molar-refractivity contribution in [3.63, 3.8) is 0 Å². The zero-order chi connectivity index (χ0) is 19.9. The first-order valence-corrected chi connectivity index (χ1v) is 10.2. The maximum atomic E-state index is 12.9. The fraction of sp³-hybridized carbons (Fsp3) is 0.800. The van der Waals surface area contributed by atoms with Gasteiger partial charge >= 0.3 is 27.5 Å². The first-order valence-electron chi connectivity index (χ1n) is 7.13. The van der Waals surface area contributed by atoms with Gasteiger partial charge in [0.15, 0.2) is 5.60 Å². The monoisotopic (exact) mass is 406 g/mol. The fourth-order valence-corrected chi connectivity index (χ4v) is 4.72. The second kappa shape index (κ2) is 9.60. The second-order valence-corrected chi connectivity index (χ2v) is 8.18. The summed E-state index contributed by atoms with van der Waals surface area (Å²) in [5.41, 5.74) is 1.28. The lowest BCUT2D eigenvalue weighted by Gasteiger charge is -2.36. The Hall–Kier alpha value is -1.04. The molecule has 0 bridgehead atoms. The van der Waals surface area contributed by atoms with Crippen molar-refractivity contribution in [2.24, 2.45) is 5.84 Å². The molecule has 0 saturated heterocycles. The second-order valence-electron chi connectivity index (χ2n) is 4.55. The maximum Gasteiger partial charge on any atom is 0.436 e. The Balaban J connectivity index is 6.01. The number of nitrogens with one attached hydrogen (secondary N) is 2. The fourth-order valence-electron chi connectivity index (χ4n) is 1.73. The predicted octanol–water partition coefficient (Wildman–Crippen LogP) is 0.362. The van der Waals surface area contributed by atoms with Gasteiger partial charge in [0.2, 0.25) is 0 Å². The summed E-state index contributed by atoms with van der Waals surface area (Å²) in [4.78, 5) is 42.3. The van der Waals surface area contributed by atoms with Crippen LogP contribution >= 0.6 is 15.5 Å². The Morgan fingerprint density at radius 3 is 2.04 bits per heavy atom. The number of hydrogen-bond donors (Lipinski definition) is 5. The highest BCUT2D eigenvalue weighted by Gasteiger charge is 2.53. The molecule has 0 fully saturated rings.